The van der Waals surface area contributed by atoms with Crippen LogP contribution in [-0.4, -0.2) is 16.1 Å². The Bertz CT molecular complexity index is 555. The van der Waals surface area contributed by atoms with Crippen molar-refractivity contribution in [3.05, 3.63) is 38.5 Å². The van der Waals surface area contributed by atoms with Gasteiger partial charge in [0.25, 0.3) is 5.91 Å². The summed E-state index contributed by atoms with van der Waals surface area (Å²) in [6, 6.07) is 4.09. The van der Waals surface area contributed by atoms with Gasteiger partial charge in [0.2, 0.25) is 9.47 Å². The highest BCUT2D eigenvalue weighted by molar-refractivity contribution is 7.17. The second kappa shape index (κ2) is 4.95. The van der Waals surface area contributed by atoms with E-state index in [-0.39, 0.29) is 20.2 Å². The predicted octanol–water partition coefficient (Wildman–Crippen LogP) is 3.24. The van der Waals surface area contributed by atoms with Crippen molar-refractivity contribution in [2.45, 2.75) is 0 Å². The summed E-state index contributed by atoms with van der Waals surface area (Å²) in [5, 5.41) is 9.45. The zero-order valence-electron chi connectivity index (χ0n) is 8.08. The van der Waals surface area contributed by atoms with E-state index in [9.17, 15) is 9.18 Å². The van der Waals surface area contributed by atoms with E-state index in [1.54, 1.807) is 0 Å². The van der Waals surface area contributed by atoms with E-state index in [2.05, 4.69) is 15.5 Å². The fourth-order valence-corrected chi connectivity index (χ4v) is 2.02. The van der Waals surface area contributed by atoms with Crippen LogP contribution in [0.15, 0.2) is 18.2 Å². The van der Waals surface area contributed by atoms with Gasteiger partial charge in [-0.2, -0.15) is 0 Å². The minimum atomic E-state index is -0.624. The van der Waals surface area contributed by atoms with Gasteiger partial charge in [-0.3, -0.25) is 4.79 Å². The van der Waals surface area contributed by atoms with Crippen LogP contribution in [0.3, 0.4) is 0 Å². The zero-order chi connectivity index (χ0) is 12.4. The number of anilines is 1. The number of carbonyl (C=O) groups excluding carboxylic acids is 1. The van der Waals surface area contributed by atoms with Crippen LogP contribution in [0, 0.1) is 5.82 Å². The van der Waals surface area contributed by atoms with Crippen LogP contribution < -0.4 is 5.32 Å². The first-order valence-electron chi connectivity index (χ1n) is 4.32. The number of aromatic nitrogens is 2. The van der Waals surface area contributed by atoms with Crippen LogP contribution in [0.2, 0.25) is 9.49 Å². The smallest absolute Gasteiger partial charge is 0.286 e. The molecule has 1 aromatic heterocycles. The number of carbonyl (C=O) groups is 1. The molecule has 1 N–H and O–H groups in total. The van der Waals surface area contributed by atoms with Gasteiger partial charge in [0, 0.05) is 0 Å². The summed E-state index contributed by atoms with van der Waals surface area (Å²) in [4.78, 5) is 11.6. The molecular formula is C9H4Cl2FN3OS. The number of nitrogens with one attached hydrogen (secondary N) is 1. The Morgan fingerprint density at radius 3 is 2.71 bits per heavy atom. The van der Waals surface area contributed by atoms with E-state index in [1.807, 2.05) is 0 Å². The molecule has 0 unspecified atom stereocenters. The second-order valence-corrected chi connectivity index (χ2v) is 4.88. The average Bonchev–Trinajstić information content (AvgIpc) is 2.70. The van der Waals surface area contributed by atoms with Gasteiger partial charge < -0.3 is 5.32 Å². The summed E-state index contributed by atoms with van der Waals surface area (Å²) >= 11 is 12.2. The number of hydrogen-bond donors (Lipinski definition) is 1. The molecule has 0 saturated heterocycles. The number of hydrogen-bond acceptors (Lipinski definition) is 4. The van der Waals surface area contributed by atoms with Crippen LogP contribution in [0.4, 0.5) is 10.1 Å². The third kappa shape index (κ3) is 2.71. The van der Waals surface area contributed by atoms with E-state index in [0.29, 0.717) is 0 Å². The monoisotopic (exact) mass is 291 g/mol. The van der Waals surface area contributed by atoms with Crippen LogP contribution >= 0.6 is 34.5 Å². The molecule has 4 nitrogen and oxygen atoms in total. The maximum Gasteiger partial charge on any atom is 0.286 e. The molecule has 1 amide bonds. The van der Waals surface area contributed by atoms with Crippen molar-refractivity contribution in [2.75, 3.05) is 5.32 Å². The molecule has 2 aromatic rings. The van der Waals surface area contributed by atoms with Crippen LogP contribution in [0.25, 0.3) is 0 Å². The maximum absolute atomic E-state index is 13.4. The number of para-hydroxylation sites is 1. The summed E-state index contributed by atoms with van der Waals surface area (Å²) in [5.74, 6) is -1.23. The highest BCUT2D eigenvalue weighted by Gasteiger charge is 2.15. The molecule has 0 saturated carbocycles. The first kappa shape index (κ1) is 12.2. The minimum Gasteiger partial charge on any atom is -0.316 e. The van der Waals surface area contributed by atoms with Crippen LogP contribution in [-0.2, 0) is 0 Å². The van der Waals surface area contributed by atoms with Gasteiger partial charge in [-0.25, -0.2) is 4.39 Å². The highest BCUT2D eigenvalue weighted by Crippen LogP contribution is 2.25. The summed E-state index contributed by atoms with van der Waals surface area (Å²) in [5.41, 5.74) is -0.0921. The summed E-state index contributed by atoms with van der Waals surface area (Å²) in [6.45, 7) is 0. The molecule has 0 atom stereocenters. The van der Waals surface area contributed by atoms with E-state index in [4.69, 9.17) is 23.2 Å². The SMILES string of the molecule is O=C(Nc1c(F)cccc1Cl)c1nnc(Cl)s1. The second-order valence-electron chi connectivity index (χ2n) is 2.91. The third-order valence-corrected chi connectivity index (χ3v) is 3.13. The maximum atomic E-state index is 13.4. The standard InChI is InChI=1S/C9H4Cl2FN3OS/c10-4-2-1-3-5(12)6(4)13-7(16)8-14-15-9(11)17-8/h1-3H,(H,13,16). The Kier molecular flexibility index (Phi) is 3.56. The Morgan fingerprint density at radius 1 is 1.35 bits per heavy atom. The zero-order valence-corrected chi connectivity index (χ0v) is 10.4. The fourth-order valence-electron chi connectivity index (χ4n) is 1.08. The lowest BCUT2D eigenvalue weighted by atomic mass is 10.3. The Labute approximate surface area is 109 Å². The van der Waals surface area contributed by atoms with Gasteiger partial charge in [0.15, 0.2) is 0 Å². The molecular weight excluding hydrogens is 288 g/mol. The Hall–Kier alpha value is -1.24. The highest BCUT2D eigenvalue weighted by atomic mass is 35.5. The van der Waals surface area contributed by atoms with Crippen molar-refractivity contribution in [1.29, 1.82) is 0 Å². The lowest BCUT2D eigenvalue weighted by Gasteiger charge is -2.05. The number of halogens is 3. The summed E-state index contributed by atoms with van der Waals surface area (Å²) < 4.78 is 13.5. The molecule has 0 aliphatic heterocycles. The Balaban J connectivity index is 2.24. The van der Waals surface area contributed by atoms with Crippen molar-refractivity contribution >= 4 is 46.1 Å². The van der Waals surface area contributed by atoms with Crippen molar-refractivity contribution in [3.63, 3.8) is 0 Å². The number of amides is 1. The lowest BCUT2D eigenvalue weighted by Crippen LogP contribution is -2.13. The molecule has 17 heavy (non-hydrogen) atoms. The van der Waals surface area contributed by atoms with E-state index in [1.165, 1.54) is 18.2 Å². The van der Waals surface area contributed by atoms with E-state index in [0.717, 1.165) is 11.3 Å². The third-order valence-electron chi connectivity index (χ3n) is 1.80. The molecule has 0 spiro atoms. The molecule has 8 heteroatoms. The fraction of sp³-hybridized carbons (Fsp3) is 0. The molecule has 0 fully saturated rings. The predicted molar refractivity (Wildman–Crippen MR) is 64.3 cm³/mol. The van der Waals surface area contributed by atoms with Gasteiger partial charge in [0.05, 0.1) is 10.7 Å². The Morgan fingerprint density at radius 2 is 2.12 bits per heavy atom. The first-order chi connectivity index (χ1) is 8.08. The summed E-state index contributed by atoms with van der Waals surface area (Å²) in [7, 11) is 0. The van der Waals surface area contributed by atoms with Crippen LogP contribution in [0.1, 0.15) is 9.80 Å². The van der Waals surface area contributed by atoms with Crippen molar-refractivity contribution < 1.29 is 9.18 Å². The van der Waals surface area contributed by atoms with Crippen molar-refractivity contribution in [3.8, 4) is 0 Å². The van der Waals surface area contributed by atoms with Gasteiger partial charge in [-0.1, -0.05) is 29.0 Å². The molecule has 1 aromatic carbocycles. The van der Waals surface area contributed by atoms with Crippen molar-refractivity contribution in [2.24, 2.45) is 0 Å². The molecule has 88 valence electrons. The molecule has 0 bridgehead atoms. The molecule has 0 radical (unpaired) electrons. The molecule has 0 aliphatic carbocycles. The van der Waals surface area contributed by atoms with Gasteiger partial charge in [0.1, 0.15) is 5.82 Å². The van der Waals surface area contributed by atoms with Crippen molar-refractivity contribution in [1.82, 2.24) is 10.2 Å². The van der Waals surface area contributed by atoms with E-state index >= 15 is 0 Å². The van der Waals surface area contributed by atoms with E-state index < -0.39 is 11.7 Å². The number of benzene rings is 1. The number of nitrogens with zero attached hydrogens (tertiary/aromatic N) is 2. The van der Waals surface area contributed by atoms with Gasteiger partial charge in [-0.15, -0.1) is 10.2 Å². The first-order valence-corrected chi connectivity index (χ1v) is 5.89. The molecule has 2 rings (SSSR count). The van der Waals surface area contributed by atoms with Crippen LogP contribution in [0.5, 0.6) is 0 Å². The van der Waals surface area contributed by atoms with Gasteiger partial charge >= 0.3 is 0 Å². The average molecular weight is 292 g/mol. The topological polar surface area (TPSA) is 54.9 Å². The quantitative estimate of drug-likeness (QED) is 0.924. The molecule has 1 heterocycles. The summed E-state index contributed by atoms with van der Waals surface area (Å²) in [6.07, 6.45) is 0. The largest absolute Gasteiger partial charge is 0.316 e. The molecule has 0 aliphatic rings. The lowest BCUT2D eigenvalue weighted by molar-refractivity contribution is 0.102. The number of rotatable bonds is 2. The normalized spacial score (nSPS) is 10.3. The van der Waals surface area contributed by atoms with Gasteiger partial charge in [-0.05, 0) is 23.7 Å². The minimum absolute atomic E-state index is 0.0364.